The first-order valence-electron chi connectivity index (χ1n) is 13.2. The molecule has 3 amide bonds. The Kier molecular flexibility index (Phi) is 10.1. The molecule has 3 aromatic carbocycles. The van der Waals surface area contributed by atoms with Crippen LogP contribution in [0.15, 0.2) is 78.9 Å². The molecule has 7 heteroatoms. The normalized spacial score (nSPS) is 12.4. The minimum absolute atomic E-state index is 0.155. The van der Waals surface area contributed by atoms with Gasteiger partial charge in [-0.1, -0.05) is 85.3 Å². The summed E-state index contributed by atoms with van der Waals surface area (Å²) in [5.74, 6) is -1.02. The van der Waals surface area contributed by atoms with E-state index in [-0.39, 0.29) is 13.0 Å². The van der Waals surface area contributed by atoms with Gasteiger partial charge in [0.05, 0.1) is 0 Å². The van der Waals surface area contributed by atoms with Gasteiger partial charge in [0.25, 0.3) is 5.91 Å². The summed E-state index contributed by atoms with van der Waals surface area (Å²) in [6.07, 6.45) is 5.35. The van der Waals surface area contributed by atoms with Crippen LogP contribution >= 0.6 is 0 Å². The third kappa shape index (κ3) is 8.21. The number of amides is 3. The molecule has 2 N–H and O–H groups in total. The molecule has 0 fully saturated rings. The van der Waals surface area contributed by atoms with Crippen LogP contribution in [0.1, 0.15) is 54.6 Å². The molecule has 0 aromatic heterocycles. The highest BCUT2D eigenvalue weighted by atomic mass is 16.6. The van der Waals surface area contributed by atoms with Crippen LogP contribution in [-0.4, -0.2) is 34.5 Å². The van der Waals surface area contributed by atoms with E-state index in [1.165, 1.54) is 0 Å². The monoisotopic (exact) mass is 539 g/mol. The van der Waals surface area contributed by atoms with Crippen LogP contribution in [0.2, 0.25) is 0 Å². The summed E-state index contributed by atoms with van der Waals surface area (Å²) >= 11 is 0. The maximum atomic E-state index is 14.1. The smallest absolute Gasteiger partial charge is 0.408 e. The number of hydrogen-bond acceptors (Lipinski definition) is 4. The van der Waals surface area contributed by atoms with Gasteiger partial charge in [0.1, 0.15) is 17.7 Å². The highest BCUT2D eigenvalue weighted by molar-refractivity contribution is 5.93. The molecule has 0 aliphatic heterocycles. The number of nitrogens with zero attached hydrogens (tertiary/aromatic N) is 1. The molecular weight excluding hydrogens is 502 g/mol. The zero-order valence-electron chi connectivity index (χ0n) is 23.7. The van der Waals surface area contributed by atoms with Crippen molar-refractivity contribution in [2.75, 3.05) is 0 Å². The molecule has 0 heterocycles. The second-order valence-electron chi connectivity index (χ2n) is 10.6. The molecule has 2 atom stereocenters. The molecule has 40 heavy (non-hydrogen) atoms. The predicted molar refractivity (Wildman–Crippen MR) is 156 cm³/mol. The van der Waals surface area contributed by atoms with Crippen molar-refractivity contribution in [2.45, 2.75) is 65.3 Å². The molecule has 3 rings (SSSR count). The molecule has 7 nitrogen and oxygen atoms in total. The quantitative estimate of drug-likeness (QED) is 0.288. The molecular formula is C33H37N3O4. The predicted octanol–water partition coefficient (Wildman–Crippen LogP) is 5.22. The van der Waals surface area contributed by atoms with E-state index >= 15 is 0 Å². The summed E-state index contributed by atoms with van der Waals surface area (Å²) in [6, 6.07) is 24.6. The molecule has 208 valence electrons. The average molecular weight is 540 g/mol. The first kappa shape index (κ1) is 30.0. The van der Waals surface area contributed by atoms with Gasteiger partial charge < -0.3 is 15.4 Å². The van der Waals surface area contributed by atoms with E-state index in [0.717, 1.165) is 27.2 Å². The van der Waals surface area contributed by atoms with Crippen molar-refractivity contribution in [2.24, 2.45) is 0 Å². The van der Waals surface area contributed by atoms with Gasteiger partial charge in [-0.3, -0.25) is 14.5 Å². The minimum Gasteiger partial charge on any atom is -0.444 e. The molecule has 0 aliphatic carbocycles. The van der Waals surface area contributed by atoms with Gasteiger partial charge >= 0.3 is 6.09 Å². The summed E-state index contributed by atoms with van der Waals surface area (Å²) < 4.78 is 5.44. The molecule has 0 bridgehead atoms. The van der Waals surface area contributed by atoms with Crippen molar-refractivity contribution in [3.8, 4) is 12.5 Å². The number of carbonyl (C=O) groups is 3. The Labute approximate surface area is 236 Å². The fourth-order valence-electron chi connectivity index (χ4n) is 4.45. The second kappa shape index (κ2) is 13.5. The van der Waals surface area contributed by atoms with Crippen LogP contribution in [0, 0.1) is 26.3 Å². The lowest BCUT2D eigenvalue weighted by molar-refractivity contribution is -0.138. The first-order chi connectivity index (χ1) is 19.0. The summed E-state index contributed by atoms with van der Waals surface area (Å²) in [5.41, 5.74) is 3.21. The van der Waals surface area contributed by atoms with Crippen LogP contribution in [-0.2, 0) is 27.3 Å². The van der Waals surface area contributed by atoms with Gasteiger partial charge in [-0.15, -0.1) is 0 Å². The zero-order chi connectivity index (χ0) is 29.3. The van der Waals surface area contributed by atoms with Crippen LogP contribution < -0.4 is 10.6 Å². The van der Waals surface area contributed by atoms with E-state index in [4.69, 9.17) is 11.2 Å². The molecule has 2 unspecified atom stereocenters. The van der Waals surface area contributed by atoms with Gasteiger partial charge in [-0.25, -0.2) is 4.79 Å². The Morgan fingerprint density at radius 3 is 1.95 bits per heavy atom. The zero-order valence-corrected chi connectivity index (χ0v) is 23.7. The summed E-state index contributed by atoms with van der Waals surface area (Å²) in [7, 11) is 0. The molecule has 0 radical (unpaired) electrons. The summed E-state index contributed by atoms with van der Waals surface area (Å²) in [4.78, 5) is 41.8. The van der Waals surface area contributed by atoms with E-state index in [2.05, 4.69) is 16.7 Å². The minimum atomic E-state index is -1.12. The van der Waals surface area contributed by atoms with Gasteiger partial charge in [0.2, 0.25) is 5.91 Å². The Balaban J connectivity index is 2.00. The van der Waals surface area contributed by atoms with E-state index in [0.29, 0.717) is 5.56 Å². The van der Waals surface area contributed by atoms with Crippen LogP contribution in [0.5, 0.6) is 0 Å². The van der Waals surface area contributed by atoms with Crippen molar-refractivity contribution >= 4 is 17.9 Å². The Morgan fingerprint density at radius 1 is 0.875 bits per heavy atom. The molecule has 0 saturated heterocycles. The third-order valence-corrected chi connectivity index (χ3v) is 6.28. The number of benzene rings is 3. The topological polar surface area (TPSA) is 87.7 Å². The maximum absolute atomic E-state index is 14.1. The number of alkyl carbamates (subject to hydrolysis) is 1. The van der Waals surface area contributed by atoms with Gasteiger partial charge in [-0.2, -0.15) is 0 Å². The molecule has 0 saturated carbocycles. The van der Waals surface area contributed by atoms with E-state index in [1.54, 1.807) is 20.8 Å². The van der Waals surface area contributed by atoms with E-state index in [1.807, 2.05) is 92.7 Å². The van der Waals surface area contributed by atoms with Crippen molar-refractivity contribution in [3.63, 3.8) is 0 Å². The lowest BCUT2D eigenvalue weighted by Gasteiger charge is -2.32. The largest absolute Gasteiger partial charge is 0.444 e. The number of rotatable bonds is 9. The lowest BCUT2D eigenvalue weighted by atomic mass is 9.93. The fraction of sp³-hybridized carbons (Fsp3) is 0.303. The van der Waals surface area contributed by atoms with Crippen LogP contribution in [0.4, 0.5) is 4.79 Å². The van der Waals surface area contributed by atoms with Gasteiger partial charge in [0.15, 0.2) is 0 Å². The summed E-state index contributed by atoms with van der Waals surface area (Å²) in [6.45, 7) is 9.23. The number of carbonyl (C=O) groups excluding carboxylic acids is 3. The van der Waals surface area contributed by atoms with Gasteiger partial charge in [0, 0.05) is 19.0 Å². The number of aryl methyl sites for hydroxylation is 2. The Morgan fingerprint density at radius 2 is 1.43 bits per heavy atom. The fourth-order valence-corrected chi connectivity index (χ4v) is 4.45. The van der Waals surface area contributed by atoms with Crippen LogP contribution in [0.25, 0.3) is 0 Å². The standard InChI is InChI=1S/C33H37N3O4/c1-7-36(31(38)27(21-25-17-10-8-11-18-25)35-32(39)40-33(4,5)6)29(28-23(2)15-14-16-24(28)3)30(37)34-22-26-19-12-9-13-20-26/h1,8-20,27,29H,21-22H2,2-6H3,(H,34,37)(H,35,39). The summed E-state index contributed by atoms with van der Waals surface area (Å²) in [5, 5.41) is 5.63. The highest BCUT2D eigenvalue weighted by Crippen LogP contribution is 2.28. The first-order valence-corrected chi connectivity index (χ1v) is 13.2. The van der Waals surface area contributed by atoms with Crippen molar-refractivity contribution in [1.82, 2.24) is 15.5 Å². The van der Waals surface area contributed by atoms with E-state index < -0.39 is 35.6 Å². The Hall–Kier alpha value is -4.57. The number of nitrogens with one attached hydrogen (secondary N) is 2. The number of ether oxygens (including phenoxy) is 1. The SMILES string of the molecule is C#CN(C(=O)C(Cc1ccccc1)NC(=O)OC(C)(C)C)C(C(=O)NCc1ccccc1)c1c(C)cccc1C. The van der Waals surface area contributed by atoms with Crippen molar-refractivity contribution in [1.29, 1.82) is 0 Å². The third-order valence-electron chi connectivity index (χ3n) is 6.28. The highest BCUT2D eigenvalue weighted by Gasteiger charge is 2.37. The molecule has 0 spiro atoms. The average Bonchev–Trinajstić information content (AvgIpc) is 2.90. The van der Waals surface area contributed by atoms with Gasteiger partial charge in [-0.05, 0) is 62.4 Å². The molecule has 0 aliphatic rings. The van der Waals surface area contributed by atoms with Crippen molar-refractivity contribution in [3.05, 3.63) is 107 Å². The second-order valence-corrected chi connectivity index (χ2v) is 10.6. The van der Waals surface area contributed by atoms with E-state index in [9.17, 15) is 14.4 Å². The number of terminal acetylenes is 1. The van der Waals surface area contributed by atoms with Crippen LogP contribution in [0.3, 0.4) is 0 Å². The Bertz CT molecular complexity index is 1340. The number of hydrogen-bond donors (Lipinski definition) is 2. The van der Waals surface area contributed by atoms with Crippen molar-refractivity contribution < 1.29 is 19.1 Å². The maximum Gasteiger partial charge on any atom is 0.408 e. The lowest BCUT2D eigenvalue weighted by Crippen LogP contribution is -2.52. The molecule has 3 aromatic rings.